The van der Waals surface area contributed by atoms with Crippen molar-refractivity contribution in [3.8, 4) is 0 Å². The first kappa shape index (κ1) is 22.2. The summed E-state index contributed by atoms with van der Waals surface area (Å²) in [5, 5.41) is 0. The van der Waals surface area contributed by atoms with E-state index >= 15 is 0 Å². The molecule has 33 heavy (non-hydrogen) atoms. The number of esters is 1. The Morgan fingerprint density at radius 3 is 2.45 bits per heavy atom. The molecule has 6 atom stereocenters. The van der Waals surface area contributed by atoms with Crippen LogP contribution in [0.3, 0.4) is 0 Å². The summed E-state index contributed by atoms with van der Waals surface area (Å²) in [4.78, 5) is 44.6. The van der Waals surface area contributed by atoms with Gasteiger partial charge in [0.25, 0.3) is 0 Å². The van der Waals surface area contributed by atoms with Gasteiger partial charge in [0.2, 0.25) is 5.91 Å². The van der Waals surface area contributed by atoms with Crippen molar-refractivity contribution in [1.82, 2.24) is 14.7 Å². The Balaban J connectivity index is 1.45. The molecular formula is C24H32FN3O5. The number of nitrogens with zero attached hydrogens (tertiary/aromatic N) is 3. The van der Waals surface area contributed by atoms with Crippen LogP contribution >= 0.6 is 0 Å². The van der Waals surface area contributed by atoms with E-state index in [2.05, 4.69) is 0 Å². The monoisotopic (exact) mass is 461 g/mol. The van der Waals surface area contributed by atoms with E-state index in [9.17, 15) is 18.8 Å². The molecule has 0 aromatic heterocycles. The SMILES string of the molecule is CN1C=C(F)C=CC1C(=O)N1CC2CC3C(OC(=O)C4CC4)C1C(C2)N3C(=O)OC(C)(C)C. The maximum atomic E-state index is 13.7. The van der Waals surface area contributed by atoms with Crippen molar-refractivity contribution in [3.05, 3.63) is 24.2 Å². The summed E-state index contributed by atoms with van der Waals surface area (Å²) < 4.78 is 25.4. The molecule has 9 heteroatoms. The van der Waals surface area contributed by atoms with Crippen molar-refractivity contribution in [3.63, 3.8) is 0 Å². The molecule has 0 N–H and O–H groups in total. The van der Waals surface area contributed by atoms with E-state index in [1.165, 1.54) is 12.3 Å². The normalized spacial score (nSPS) is 34.9. The van der Waals surface area contributed by atoms with Crippen LogP contribution in [0.4, 0.5) is 9.18 Å². The largest absolute Gasteiger partial charge is 0.458 e. The number of piperidine rings is 2. The van der Waals surface area contributed by atoms with E-state index in [0.717, 1.165) is 19.3 Å². The minimum absolute atomic E-state index is 0.0812. The Labute approximate surface area is 193 Å². The number of halogens is 1. The molecule has 3 saturated heterocycles. The number of carbonyl (C=O) groups excluding carboxylic acids is 3. The second kappa shape index (κ2) is 7.74. The Hall–Kier alpha value is -2.58. The van der Waals surface area contributed by atoms with Crippen molar-refractivity contribution >= 4 is 18.0 Å². The Bertz CT molecular complexity index is 924. The van der Waals surface area contributed by atoms with Crippen molar-refractivity contribution in [2.45, 2.75) is 82.3 Å². The lowest BCUT2D eigenvalue weighted by atomic mass is 9.86. The predicted molar refractivity (Wildman–Crippen MR) is 116 cm³/mol. The molecular weight excluding hydrogens is 429 g/mol. The highest BCUT2D eigenvalue weighted by molar-refractivity contribution is 5.85. The molecule has 180 valence electrons. The fourth-order valence-corrected chi connectivity index (χ4v) is 5.81. The van der Waals surface area contributed by atoms with E-state index in [-0.39, 0.29) is 35.8 Å². The van der Waals surface area contributed by atoms with Crippen LogP contribution in [0.5, 0.6) is 0 Å². The molecule has 3 bridgehead atoms. The summed E-state index contributed by atoms with van der Waals surface area (Å²) in [6.45, 7) is 6.00. The number of rotatable bonds is 3. The summed E-state index contributed by atoms with van der Waals surface area (Å²) in [6, 6.07) is -1.67. The fourth-order valence-electron chi connectivity index (χ4n) is 5.81. The molecule has 0 aromatic rings. The molecule has 5 rings (SSSR count). The van der Waals surface area contributed by atoms with E-state index in [1.54, 1.807) is 27.8 Å². The lowest BCUT2D eigenvalue weighted by molar-refractivity contribution is -0.157. The fraction of sp³-hybridized carbons (Fsp3) is 0.708. The zero-order valence-corrected chi connectivity index (χ0v) is 19.6. The van der Waals surface area contributed by atoms with Crippen molar-refractivity contribution in [2.75, 3.05) is 13.6 Å². The van der Waals surface area contributed by atoms with Gasteiger partial charge < -0.3 is 19.3 Å². The molecule has 6 unspecified atom stereocenters. The van der Waals surface area contributed by atoms with Crippen LogP contribution in [0.1, 0.15) is 46.5 Å². The zero-order valence-electron chi connectivity index (χ0n) is 19.6. The van der Waals surface area contributed by atoms with Gasteiger partial charge >= 0.3 is 12.1 Å². The van der Waals surface area contributed by atoms with Gasteiger partial charge in [-0.3, -0.25) is 14.5 Å². The maximum absolute atomic E-state index is 13.7. The molecule has 0 spiro atoms. The van der Waals surface area contributed by atoms with Crippen molar-refractivity contribution in [2.24, 2.45) is 11.8 Å². The van der Waals surface area contributed by atoms with Gasteiger partial charge in [-0.2, -0.15) is 0 Å². The third kappa shape index (κ3) is 3.99. The van der Waals surface area contributed by atoms with Crippen LogP contribution in [-0.2, 0) is 19.1 Å². The molecule has 4 heterocycles. The summed E-state index contributed by atoms with van der Waals surface area (Å²) in [7, 11) is 1.67. The van der Waals surface area contributed by atoms with Gasteiger partial charge in [0.15, 0.2) is 0 Å². The summed E-state index contributed by atoms with van der Waals surface area (Å²) in [5.74, 6) is -0.701. The van der Waals surface area contributed by atoms with Gasteiger partial charge in [-0.05, 0) is 64.5 Å². The number of hydrogen-bond acceptors (Lipinski definition) is 6. The van der Waals surface area contributed by atoms with Crippen molar-refractivity contribution in [1.29, 1.82) is 0 Å². The first-order valence-corrected chi connectivity index (χ1v) is 11.8. The van der Waals surface area contributed by atoms with Crippen molar-refractivity contribution < 1.29 is 28.2 Å². The standard InChI is InChI=1S/C24H32FN3O5/c1-24(2,3)33-23(31)28-17-9-13-10-18(28)20(32-22(30)14-5-6-14)19(17)27(11-13)21(29)16-8-7-15(25)12-26(16)4/h7-8,12-14,16-20H,5-6,9-11H2,1-4H3. The minimum atomic E-state index is -0.658. The lowest BCUT2D eigenvalue weighted by Crippen LogP contribution is -2.61. The first-order chi connectivity index (χ1) is 15.5. The summed E-state index contributed by atoms with van der Waals surface area (Å²) >= 11 is 0. The highest BCUT2D eigenvalue weighted by atomic mass is 19.1. The average molecular weight is 462 g/mol. The second-order valence-corrected chi connectivity index (χ2v) is 11.0. The van der Waals surface area contributed by atoms with Crippen LogP contribution in [0.2, 0.25) is 0 Å². The van der Waals surface area contributed by atoms with Gasteiger partial charge in [0.05, 0.1) is 24.0 Å². The number of carbonyl (C=O) groups is 3. The number of amides is 2. The van der Waals surface area contributed by atoms with Crippen LogP contribution in [0.15, 0.2) is 24.2 Å². The Morgan fingerprint density at radius 1 is 1.12 bits per heavy atom. The van der Waals surface area contributed by atoms with E-state index in [4.69, 9.17) is 9.47 Å². The molecule has 4 fully saturated rings. The molecule has 4 aliphatic heterocycles. The second-order valence-electron chi connectivity index (χ2n) is 11.0. The molecule has 0 aromatic carbocycles. The quantitative estimate of drug-likeness (QED) is 0.601. The predicted octanol–water partition coefficient (Wildman–Crippen LogP) is 2.60. The zero-order chi connectivity index (χ0) is 23.7. The van der Waals surface area contributed by atoms with Gasteiger partial charge in [0.1, 0.15) is 23.6 Å². The van der Waals surface area contributed by atoms with E-state index < -0.39 is 35.7 Å². The molecule has 5 aliphatic rings. The van der Waals surface area contributed by atoms with Crippen LogP contribution in [0, 0.1) is 11.8 Å². The number of hydrogen-bond donors (Lipinski definition) is 0. The Morgan fingerprint density at radius 2 is 1.82 bits per heavy atom. The molecule has 8 nitrogen and oxygen atoms in total. The molecule has 1 saturated carbocycles. The third-order valence-corrected chi connectivity index (χ3v) is 7.30. The number of allylic oxidation sites excluding steroid dienone is 2. The summed E-state index contributed by atoms with van der Waals surface area (Å²) in [5.41, 5.74) is -0.658. The van der Waals surface area contributed by atoms with Gasteiger partial charge in [-0.1, -0.05) is 0 Å². The number of likely N-dealkylation sites (N-methyl/N-ethyl adjacent to an activating group) is 1. The lowest BCUT2D eigenvalue weighted by Gasteiger charge is -2.47. The van der Waals surface area contributed by atoms with E-state index in [1.807, 2.05) is 20.8 Å². The molecule has 1 aliphatic carbocycles. The highest BCUT2D eigenvalue weighted by Gasteiger charge is 2.63. The van der Waals surface area contributed by atoms with Crippen LogP contribution in [-0.4, -0.2) is 82.1 Å². The Kier molecular flexibility index (Phi) is 5.21. The van der Waals surface area contributed by atoms with Crippen LogP contribution in [0.25, 0.3) is 0 Å². The van der Waals surface area contributed by atoms with Crippen LogP contribution < -0.4 is 0 Å². The molecule has 2 amide bonds. The van der Waals surface area contributed by atoms with Gasteiger partial charge in [-0.15, -0.1) is 0 Å². The smallest absolute Gasteiger partial charge is 0.410 e. The summed E-state index contributed by atoms with van der Waals surface area (Å²) in [6.07, 6.45) is 6.18. The molecule has 0 radical (unpaired) electrons. The topological polar surface area (TPSA) is 79.4 Å². The number of fused-ring (bicyclic) bond motifs is 2. The average Bonchev–Trinajstić information content (AvgIpc) is 3.53. The minimum Gasteiger partial charge on any atom is -0.458 e. The third-order valence-electron chi connectivity index (χ3n) is 7.30. The highest BCUT2D eigenvalue weighted by Crippen LogP contribution is 2.48. The van der Waals surface area contributed by atoms with Gasteiger partial charge in [-0.25, -0.2) is 9.18 Å². The van der Waals surface area contributed by atoms with Gasteiger partial charge in [0, 0.05) is 19.8 Å². The maximum Gasteiger partial charge on any atom is 0.410 e. The number of likely N-dealkylation sites (tertiary alicyclic amines) is 1. The van der Waals surface area contributed by atoms with E-state index in [0.29, 0.717) is 13.0 Å². The number of ether oxygens (including phenoxy) is 2. The first-order valence-electron chi connectivity index (χ1n) is 11.8.